The number of aromatic amines is 1. The lowest BCUT2D eigenvalue weighted by Crippen LogP contribution is -1.98. The van der Waals surface area contributed by atoms with Crippen molar-refractivity contribution in [1.82, 2.24) is 15.0 Å². The first-order valence-electron chi connectivity index (χ1n) is 9.07. The number of nitrogens with one attached hydrogen (secondary N) is 1. The highest BCUT2D eigenvalue weighted by atomic mass is 35.5. The standard InChI is InChI=1S/C23H17ClN4O/c24-19-7-6-17(12-22(19)29-14-16-4-2-1-3-5-16)10-21-23(28-15-27-21)20-11-18(13-25)8-9-26-20/h1-9,11-12,15H,10,14H2,(H,27,28). The Morgan fingerprint density at radius 3 is 2.69 bits per heavy atom. The van der Waals surface area contributed by atoms with Crippen molar-refractivity contribution in [2.24, 2.45) is 0 Å². The van der Waals surface area contributed by atoms with Crippen LogP contribution in [0.5, 0.6) is 5.75 Å². The largest absolute Gasteiger partial charge is 0.487 e. The minimum absolute atomic E-state index is 0.449. The van der Waals surface area contributed by atoms with Crippen LogP contribution in [0, 0.1) is 11.3 Å². The average molecular weight is 401 g/mol. The second kappa shape index (κ2) is 8.59. The van der Waals surface area contributed by atoms with Crippen molar-refractivity contribution >= 4 is 11.6 Å². The Balaban J connectivity index is 1.55. The number of rotatable bonds is 6. The molecule has 0 bridgehead atoms. The van der Waals surface area contributed by atoms with E-state index >= 15 is 0 Å². The molecular weight excluding hydrogens is 384 g/mol. The number of benzene rings is 2. The fraction of sp³-hybridized carbons (Fsp3) is 0.0870. The zero-order valence-electron chi connectivity index (χ0n) is 15.5. The van der Waals surface area contributed by atoms with Crippen LogP contribution in [0.15, 0.2) is 73.2 Å². The second-order valence-corrected chi connectivity index (χ2v) is 6.89. The summed E-state index contributed by atoms with van der Waals surface area (Å²) < 4.78 is 5.92. The highest BCUT2D eigenvalue weighted by Gasteiger charge is 2.12. The summed E-state index contributed by atoms with van der Waals surface area (Å²) in [5.74, 6) is 0.638. The van der Waals surface area contributed by atoms with E-state index in [4.69, 9.17) is 21.6 Å². The van der Waals surface area contributed by atoms with Crippen LogP contribution in [-0.2, 0) is 13.0 Å². The minimum atomic E-state index is 0.449. The number of nitriles is 1. The molecule has 6 heteroatoms. The smallest absolute Gasteiger partial charge is 0.138 e. The van der Waals surface area contributed by atoms with E-state index in [-0.39, 0.29) is 0 Å². The first kappa shape index (κ1) is 18.7. The summed E-state index contributed by atoms with van der Waals surface area (Å²) in [6, 6.07) is 21.2. The van der Waals surface area contributed by atoms with Gasteiger partial charge in [-0.2, -0.15) is 5.26 Å². The Morgan fingerprint density at radius 2 is 1.86 bits per heavy atom. The monoisotopic (exact) mass is 400 g/mol. The minimum Gasteiger partial charge on any atom is -0.487 e. The van der Waals surface area contributed by atoms with Gasteiger partial charge in [-0.3, -0.25) is 4.98 Å². The molecule has 0 saturated heterocycles. The molecule has 0 radical (unpaired) electrons. The summed E-state index contributed by atoms with van der Waals surface area (Å²) in [5, 5.41) is 9.69. The van der Waals surface area contributed by atoms with E-state index in [0.29, 0.717) is 35.1 Å². The Hall–Kier alpha value is -3.62. The third kappa shape index (κ3) is 4.45. The van der Waals surface area contributed by atoms with Gasteiger partial charge in [0.05, 0.1) is 28.7 Å². The number of H-pyrrole nitrogens is 1. The summed E-state index contributed by atoms with van der Waals surface area (Å²) >= 11 is 6.32. The lowest BCUT2D eigenvalue weighted by atomic mass is 10.1. The van der Waals surface area contributed by atoms with Crippen LogP contribution < -0.4 is 4.74 Å². The number of imidazole rings is 1. The topological polar surface area (TPSA) is 74.6 Å². The third-order valence-corrected chi connectivity index (χ3v) is 4.78. The molecule has 0 saturated carbocycles. The maximum absolute atomic E-state index is 9.12. The van der Waals surface area contributed by atoms with Crippen LogP contribution >= 0.6 is 11.6 Å². The maximum Gasteiger partial charge on any atom is 0.138 e. The first-order valence-corrected chi connectivity index (χ1v) is 9.44. The molecule has 0 aliphatic heterocycles. The van der Waals surface area contributed by atoms with Crippen molar-refractivity contribution in [3.63, 3.8) is 0 Å². The Bertz CT molecular complexity index is 1160. The summed E-state index contributed by atoms with van der Waals surface area (Å²) in [6.45, 7) is 0.449. The third-order valence-electron chi connectivity index (χ3n) is 4.46. The number of pyridine rings is 1. The molecule has 0 unspecified atom stereocenters. The molecule has 0 fully saturated rings. The molecule has 0 aliphatic carbocycles. The zero-order chi connectivity index (χ0) is 20.1. The van der Waals surface area contributed by atoms with Gasteiger partial charge in [0.15, 0.2) is 0 Å². The fourth-order valence-electron chi connectivity index (χ4n) is 3.01. The van der Waals surface area contributed by atoms with Crippen LogP contribution in [0.25, 0.3) is 11.4 Å². The summed E-state index contributed by atoms with van der Waals surface area (Å²) in [4.78, 5) is 11.9. The van der Waals surface area contributed by atoms with E-state index in [1.807, 2.05) is 48.5 Å². The molecule has 5 nitrogen and oxygen atoms in total. The molecule has 1 N–H and O–H groups in total. The normalized spacial score (nSPS) is 10.5. The van der Waals surface area contributed by atoms with Crippen molar-refractivity contribution in [3.05, 3.63) is 101 Å². The number of ether oxygens (including phenoxy) is 1. The zero-order valence-corrected chi connectivity index (χ0v) is 16.2. The SMILES string of the molecule is N#Cc1ccnc(-c2nc[nH]c2Cc2ccc(Cl)c(OCc3ccccc3)c2)c1. The van der Waals surface area contributed by atoms with Gasteiger partial charge in [-0.25, -0.2) is 4.98 Å². The average Bonchev–Trinajstić information content (AvgIpc) is 3.23. The second-order valence-electron chi connectivity index (χ2n) is 6.49. The van der Waals surface area contributed by atoms with Gasteiger partial charge in [-0.15, -0.1) is 0 Å². The van der Waals surface area contributed by atoms with Gasteiger partial charge >= 0.3 is 0 Å². The maximum atomic E-state index is 9.12. The molecule has 29 heavy (non-hydrogen) atoms. The number of aromatic nitrogens is 3. The first-order chi connectivity index (χ1) is 14.2. The number of hydrogen-bond acceptors (Lipinski definition) is 4. The molecule has 0 spiro atoms. The van der Waals surface area contributed by atoms with E-state index in [9.17, 15) is 0 Å². The van der Waals surface area contributed by atoms with Crippen molar-refractivity contribution < 1.29 is 4.74 Å². The summed E-state index contributed by atoms with van der Waals surface area (Å²) in [7, 11) is 0. The van der Waals surface area contributed by atoms with E-state index in [0.717, 1.165) is 22.5 Å². The quantitative estimate of drug-likeness (QED) is 0.484. The Kier molecular flexibility index (Phi) is 5.55. The highest BCUT2D eigenvalue weighted by Crippen LogP contribution is 2.29. The van der Waals surface area contributed by atoms with Gasteiger partial charge in [-0.05, 0) is 35.4 Å². The molecular formula is C23H17ClN4O. The van der Waals surface area contributed by atoms with Gasteiger partial charge in [0.2, 0.25) is 0 Å². The van der Waals surface area contributed by atoms with Gasteiger partial charge in [0.1, 0.15) is 18.1 Å². The number of nitrogens with zero attached hydrogens (tertiary/aromatic N) is 3. The Labute approximate surface area is 173 Å². The van der Waals surface area contributed by atoms with Crippen LogP contribution in [0.1, 0.15) is 22.4 Å². The molecule has 4 rings (SSSR count). The predicted octanol–water partition coefficient (Wildman–Crippen LogP) is 5.17. The summed E-state index contributed by atoms with van der Waals surface area (Å²) in [5.41, 5.74) is 4.95. The van der Waals surface area contributed by atoms with Gasteiger partial charge in [0.25, 0.3) is 0 Å². The fourth-order valence-corrected chi connectivity index (χ4v) is 3.19. The lowest BCUT2D eigenvalue weighted by Gasteiger charge is -2.10. The molecule has 0 amide bonds. The van der Waals surface area contributed by atoms with Crippen molar-refractivity contribution in [2.75, 3.05) is 0 Å². The van der Waals surface area contributed by atoms with E-state index in [1.165, 1.54) is 0 Å². The van der Waals surface area contributed by atoms with Crippen LogP contribution in [0.4, 0.5) is 0 Å². The van der Waals surface area contributed by atoms with Crippen LogP contribution in [0.3, 0.4) is 0 Å². The Morgan fingerprint density at radius 1 is 1.00 bits per heavy atom. The van der Waals surface area contributed by atoms with Crippen molar-refractivity contribution in [2.45, 2.75) is 13.0 Å². The lowest BCUT2D eigenvalue weighted by molar-refractivity contribution is 0.306. The molecule has 0 aliphatic rings. The van der Waals surface area contributed by atoms with Gasteiger partial charge < -0.3 is 9.72 Å². The molecule has 0 atom stereocenters. The van der Waals surface area contributed by atoms with Crippen LogP contribution in [0.2, 0.25) is 5.02 Å². The van der Waals surface area contributed by atoms with Crippen molar-refractivity contribution in [3.8, 4) is 23.2 Å². The van der Waals surface area contributed by atoms with E-state index in [2.05, 4.69) is 21.0 Å². The van der Waals surface area contributed by atoms with Crippen molar-refractivity contribution in [1.29, 1.82) is 5.26 Å². The van der Waals surface area contributed by atoms with E-state index < -0.39 is 0 Å². The highest BCUT2D eigenvalue weighted by molar-refractivity contribution is 6.32. The molecule has 2 aromatic carbocycles. The number of halogens is 1. The molecule has 142 valence electrons. The number of hydrogen-bond donors (Lipinski definition) is 1. The molecule has 4 aromatic rings. The molecule has 2 heterocycles. The predicted molar refractivity (Wildman–Crippen MR) is 112 cm³/mol. The van der Waals surface area contributed by atoms with Gasteiger partial charge in [-0.1, -0.05) is 48.0 Å². The van der Waals surface area contributed by atoms with Crippen LogP contribution in [-0.4, -0.2) is 15.0 Å². The van der Waals surface area contributed by atoms with Gasteiger partial charge in [0, 0.05) is 18.3 Å². The van der Waals surface area contributed by atoms with E-state index in [1.54, 1.807) is 24.7 Å². The summed E-state index contributed by atoms with van der Waals surface area (Å²) in [6.07, 6.45) is 3.85. The molecule has 2 aromatic heterocycles.